The molecule has 3 aromatic rings. The van der Waals surface area contributed by atoms with Crippen LogP contribution in [0.3, 0.4) is 0 Å². The van der Waals surface area contributed by atoms with Crippen LogP contribution in [0.25, 0.3) is 16.8 Å². The number of methoxy groups -OCH3 is 1. The van der Waals surface area contributed by atoms with Gasteiger partial charge in [-0.25, -0.2) is 9.67 Å². The number of hydrogen-bond donors (Lipinski definition) is 3. The maximum absolute atomic E-state index is 13.2. The van der Waals surface area contributed by atoms with Crippen molar-refractivity contribution in [2.24, 2.45) is 12.0 Å². The van der Waals surface area contributed by atoms with E-state index in [9.17, 15) is 14.4 Å². The maximum Gasteiger partial charge on any atom is 0.279 e. The number of amides is 2. The summed E-state index contributed by atoms with van der Waals surface area (Å²) in [5.41, 5.74) is 6.24. The second kappa shape index (κ2) is 13.8. The molecule has 1 aliphatic carbocycles. The SMILES string of the molecule is C=C(/N=C(/OC)C1=C(C)CCC1NCC1CCC(=O)N1)c1cccc(-c2cccc(NC(=O)c3c(C)cnn(C)c3=O)c2C)c1Cl. The molecule has 2 aromatic carbocycles. The molecular weight excluding hydrogens is 604 g/mol. The van der Waals surface area contributed by atoms with Gasteiger partial charge in [-0.15, -0.1) is 0 Å². The molecule has 11 heteroatoms. The molecule has 0 radical (unpaired) electrons. The van der Waals surface area contributed by atoms with E-state index < -0.39 is 11.5 Å². The maximum atomic E-state index is 13.2. The van der Waals surface area contributed by atoms with Crippen LogP contribution in [0, 0.1) is 13.8 Å². The Labute approximate surface area is 273 Å². The van der Waals surface area contributed by atoms with E-state index in [0.717, 1.165) is 46.2 Å². The third-order valence-corrected chi connectivity index (χ3v) is 9.11. The molecule has 0 saturated carbocycles. The van der Waals surface area contributed by atoms with Crippen molar-refractivity contribution < 1.29 is 14.3 Å². The number of rotatable bonds is 9. The van der Waals surface area contributed by atoms with Gasteiger partial charge in [0.2, 0.25) is 11.8 Å². The van der Waals surface area contributed by atoms with Crippen LogP contribution in [0.5, 0.6) is 0 Å². The smallest absolute Gasteiger partial charge is 0.279 e. The molecule has 0 spiro atoms. The highest BCUT2D eigenvalue weighted by Crippen LogP contribution is 2.38. The summed E-state index contributed by atoms with van der Waals surface area (Å²) in [5.74, 6) is 0.0686. The number of aliphatic imine (C=N–C) groups is 1. The van der Waals surface area contributed by atoms with E-state index in [1.54, 1.807) is 20.1 Å². The van der Waals surface area contributed by atoms with E-state index >= 15 is 0 Å². The van der Waals surface area contributed by atoms with Crippen LogP contribution in [0.1, 0.15) is 59.7 Å². The molecule has 10 nitrogen and oxygen atoms in total. The lowest BCUT2D eigenvalue weighted by Crippen LogP contribution is -2.41. The summed E-state index contributed by atoms with van der Waals surface area (Å²) in [6.07, 6.45) is 4.71. The number of allylic oxidation sites excluding steroid dienone is 1. The largest absolute Gasteiger partial charge is 0.481 e. The van der Waals surface area contributed by atoms with Crippen LogP contribution in [0.4, 0.5) is 5.69 Å². The molecule has 0 bridgehead atoms. The number of ether oxygens (including phenoxy) is 1. The molecule has 2 aliphatic rings. The van der Waals surface area contributed by atoms with Crippen molar-refractivity contribution in [1.29, 1.82) is 0 Å². The zero-order chi connectivity index (χ0) is 33.1. The number of carbonyl (C=O) groups excluding carboxylic acids is 2. The Balaban J connectivity index is 1.40. The number of aryl methyl sites for hydroxylation is 2. The zero-order valence-corrected chi connectivity index (χ0v) is 27.5. The fourth-order valence-electron chi connectivity index (χ4n) is 6.09. The summed E-state index contributed by atoms with van der Waals surface area (Å²) in [4.78, 5) is 42.3. The first-order valence-corrected chi connectivity index (χ1v) is 15.6. The van der Waals surface area contributed by atoms with E-state index in [2.05, 4.69) is 34.6 Å². The summed E-state index contributed by atoms with van der Waals surface area (Å²) in [7, 11) is 3.11. The second-order valence-corrected chi connectivity index (χ2v) is 12.2. The van der Waals surface area contributed by atoms with Gasteiger partial charge in [-0.1, -0.05) is 54.1 Å². The fourth-order valence-corrected chi connectivity index (χ4v) is 6.43. The highest BCUT2D eigenvalue weighted by molar-refractivity contribution is 6.35. The lowest BCUT2D eigenvalue weighted by atomic mass is 9.96. The van der Waals surface area contributed by atoms with E-state index in [4.69, 9.17) is 21.3 Å². The molecule has 1 aliphatic heterocycles. The van der Waals surface area contributed by atoms with Crippen molar-refractivity contribution in [2.75, 3.05) is 19.0 Å². The number of nitrogens with zero attached hydrogens (tertiary/aromatic N) is 3. The molecule has 3 N–H and O–H groups in total. The second-order valence-electron chi connectivity index (χ2n) is 11.8. The van der Waals surface area contributed by atoms with Crippen LogP contribution in [-0.4, -0.2) is 53.2 Å². The number of benzene rings is 2. The van der Waals surface area contributed by atoms with E-state index in [1.807, 2.05) is 37.3 Å². The quantitative estimate of drug-likeness (QED) is 0.214. The zero-order valence-electron chi connectivity index (χ0n) is 26.8. The lowest BCUT2D eigenvalue weighted by Gasteiger charge is -2.21. The summed E-state index contributed by atoms with van der Waals surface area (Å²) in [6.45, 7) is 10.6. The summed E-state index contributed by atoms with van der Waals surface area (Å²) in [6, 6.07) is 11.4. The van der Waals surface area contributed by atoms with Gasteiger partial charge in [-0.3, -0.25) is 14.4 Å². The summed E-state index contributed by atoms with van der Waals surface area (Å²) < 4.78 is 6.95. The Bertz CT molecular complexity index is 1840. The van der Waals surface area contributed by atoms with Crippen molar-refractivity contribution >= 4 is 40.7 Å². The van der Waals surface area contributed by atoms with E-state index in [-0.39, 0.29) is 23.6 Å². The minimum absolute atomic E-state index is 0.0424. The minimum atomic E-state index is -0.507. The number of carbonyl (C=O) groups is 2. The molecule has 2 heterocycles. The Kier molecular flexibility index (Phi) is 9.88. The molecule has 2 atom stereocenters. The summed E-state index contributed by atoms with van der Waals surface area (Å²) in [5, 5.41) is 13.9. The predicted octanol–water partition coefficient (Wildman–Crippen LogP) is 5.33. The van der Waals surface area contributed by atoms with Gasteiger partial charge in [-0.2, -0.15) is 5.10 Å². The van der Waals surface area contributed by atoms with Gasteiger partial charge >= 0.3 is 0 Å². The standard InChI is InChI=1S/C35H39ClN6O4/c1-19-13-15-28(37-18-23-14-16-29(43)40-23)30(19)34(46-6)39-22(4)25-10-7-11-26(32(25)36)24-9-8-12-27(21(24)3)41-33(44)31-20(2)17-38-42(5)35(31)45/h7-12,17,23,28,37H,4,13-16,18H2,1-3,5-6H3,(H,40,43)(H,41,44)/b39-34+. The number of nitrogens with one attached hydrogen (secondary N) is 3. The normalized spacial score (nSPS) is 18.1. The first-order chi connectivity index (χ1) is 22.0. The Morgan fingerprint density at radius 3 is 2.59 bits per heavy atom. The van der Waals surface area contributed by atoms with Gasteiger partial charge in [0.15, 0.2) is 0 Å². The highest BCUT2D eigenvalue weighted by atomic mass is 35.5. The van der Waals surface area contributed by atoms with Crippen LogP contribution < -0.4 is 21.5 Å². The third-order valence-electron chi connectivity index (χ3n) is 8.71. The minimum Gasteiger partial charge on any atom is -0.481 e. The number of halogens is 1. The summed E-state index contributed by atoms with van der Waals surface area (Å²) >= 11 is 7.03. The Morgan fingerprint density at radius 2 is 1.87 bits per heavy atom. The highest BCUT2D eigenvalue weighted by Gasteiger charge is 2.30. The number of aromatic nitrogens is 2. The fraction of sp³-hybridized carbons (Fsp3) is 0.343. The predicted molar refractivity (Wildman–Crippen MR) is 182 cm³/mol. The molecule has 240 valence electrons. The first-order valence-electron chi connectivity index (χ1n) is 15.3. The van der Waals surface area contributed by atoms with Gasteiger partial charge < -0.3 is 20.7 Å². The molecular formula is C35H39ClN6O4. The average Bonchev–Trinajstić information content (AvgIpc) is 3.62. The van der Waals surface area contributed by atoms with Gasteiger partial charge in [0, 0.05) is 54.5 Å². The monoisotopic (exact) mass is 642 g/mol. The van der Waals surface area contributed by atoms with Gasteiger partial charge in [0.05, 0.1) is 24.0 Å². The van der Waals surface area contributed by atoms with Crippen LogP contribution in [0.2, 0.25) is 5.02 Å². The molecule has 46 heavy (non-hydrogen) atoms. The molecule has 5 rings (SSSR count). The Morgan fingerprint density at radius 1 is 1.13 bits per heavy atom. The van der Waals surface area contributed by atoms with Crippen molar-refractivity contribution in [3.05, 3.63) is 98.0 Å². The van der Waals surface area contributed by atoms with Crippen molar-refractivity contribution in [3.8, 4) is 11.1 Å². The first kappa shape index (κ1) is 32.8. The molecule has 1 fully saturated rings. The van der Waals surface area contributed by atoms with Crippen molar-refractivity contribution in [3.63, 3.8) is 0 Å². The topological polar surface area (TPSA) is 127 Å². The van der Waals surface area contributed by atoms with Gasteiger partial charge in [0.25, 0.3) is 11.5 Å². The number of anilines is 1. The van der Waals surface area contributed by atoms with E-state index in [0.29, 0.717) is 46.4 Å². The van der Waals surface area contributed by atoms with Crippen molar-refractivity contribution in [2.45, 2.75) is 58.5 Å². The van der Waals surface area contributed by atoms with E-state index in [1.165, 1.54) is 18.8 Å². The lowest BCUT2D eigenvalue weighted by molar-refractivity contribution is -0.119. The van der Waals surface area contributed by atoms with Crippen molar-refractivity contribution in [1.82, 2.24) is 20.4 Å². The van der Waals surface area contributed by atoms with Gasteiger partial charge in [0.1, 0.15) is 5.56 Å². The molecule has 2 amide bonds. The number of hydrogen-bond acceptors (Lipinski definition) is 7. The Hall–Kier alpha value is -4.54. The molecule has 2 unspecified atom stereocenters. The third kappa shape index (κ3) is 6.68. The molecule has 1 aromatic heterocycles. The molecule has 1 saturated heterocycles. The van der Waals surface area contributed by atoms with Crippen LogP contribution in [0.15, 0.2) is 70.1 Å². The average molecular weight is 643 g/mol. The van der Waals surface area contributed by atoms with Gasteiger partial charge in [-0.05, 0) is 62.8 Å². The van der Waals surface area contributed by atoms with Crippen LogP contribution in [-0.2, 0) is 16.6 Å². The van der Waals surface area contributed by atoms with Crippen LogP contribution >= 0.6 is 11.6 Å².